The minimum atomic E-state index is -4.39. The summed E-state index contributed by atoms with van der Waals surface area (Å²) in [5, 5.41) is 8.61. The van der Waals surface area contributed by atoms with E-state index in [0.29, 0.717) is 5.56 Å². The van der Waals surface area contributed by atoms with Crippen LogP contribution in [0.1, 0.15) is 16.7 Å². The summed E-state index contributed by atoms with van der Waals surface area (Å²) in [4.78, 5) is 0. The van der Waals surface area contributed by atoms with Crippen molar-refractivity contribution >= 4 is 0 Å². The Kier molecular flexibility index (Phi) is 5.77. The fraction of sp³-hybridized carbons (Fsp3) is 0.235. The molecule has 0 aliphatic rings. The van der Waals surface area contributed by atoms with Crippen molar-refractivity contribution < 1.29 is 27.0 Å². The minimum absolute atomic E-state index is 0.00894. The van der Waals surface area contributed by atoms with Crippen LogP contribution in [0.2, 0.25) is 0 Å². The maximum Gasteiger partial charge on any atom is 0.416 e. The third-order valence-corrected chi connectivity index (χ3v) is 3.08. The number of alkyl halides is 3. The van der Waals surface area contributed by atoms with Gasteiger partial charge in [0.15, 0.2) is 0 Å². The van der Waals surface area contributed by atoms with Gasteiger partial charge in [-0.3, -0.25) is 0 Å². The van der Waals surface area contributed by atoms with Gasteiger partial charge in [0.05, 0.1) is 24.3 Å². The second-order valence-electron chi connectivity index (χ2n) is 4.85. The molecular weight excluding hydrogens is 326 g/mol. The Bertz CT molecular complexity index is 738. The van der Waals surface area contributed by atoms with Crippen molar-refractivity contribution in [2.75, 3.05) is 13.2 Å². The highest BCUT2D eigenvalue weighted by Crippen LogP contribution is 2.29. The molecule has 0 heterocycles. The van der Waals surface area contributed by atoms with Gasteiger partial charge in [-0.2, -0.15) is 18.4 Å². The Morgan fingerprint density at radius 3 is 2.50 bits per heavy atom. The number of benzene rings is 2. The van der Waals surface area contributed by atoms with Crippen LogP contribution >= 0.6 is 0 Å². The summed E-state index contributed by atoms with van der Waals surface area (Å²) < 4.78 is 61.6. The summed E-state index contributed by atoms with van der Waals surface area (Å²) in [6.45, 7) is 0.233. The average Bonchev–Trinajstić information content (AvgIpc) is 2.54. The van der Waals surface area contributed by atoms with E-state index in [1.165, 1.54) is 24.3 Å². The van der Waals surface area contributed by atoms with Crippen LogP contribution in [0.15, 0.2) is 42.5 Å². The maximum atomic E-state index is 13.4. The van der Waals surface area contributed by atoms with Gasteiger partial charge in [0.25, 0.3) is 0 Å². The Balaban J connectivity index is 1.78. The molecule has 0 radical (unpaired) electrons. The van der Waals surface area contributed by atoms with Gasteiger partial charge >= 0.3 is 6.18 Å². The second-order valence-corrected chi connectivity index (χ2v) is 4.85. The summed E-state index contributed by atoms with van der Waals surface area (Å²) in [6.07, 6.45) is -4.39. The van der Waals surface area contributed by atoms with Crippen LogP contribution in [0.4, 0.5) is 17.6 Å². The van der Waals surface area contributed by atoms with Gasteiger partial charge in [0, 0.05) is 6.07 Å². The molecule has 0 atom stereocenters. The van der Waals surface area contributed by atoms with Crippen molar-refractivity contribution in [1.29, 1.82) is 5.26 Å². The van der Waals surface area contributed by atoms with Crippen LogP contribution in [0, 0.1) is 17.1 Å². The molecule has 2 aromatic carbocycles. The SMILES string of the molecule is N#Cc1ccc(OCCOCc2cccc(C(F)(F)F)c2)cc1F. The number of hydrogen-bond donors (Lipinski definition) is 0. The van der Waals surface area contributed by atoms with Crippen LogP contribution in [0.5, 0.6) is 5.75 Å². The smallest absolute Gasteiger partial charge is 0.416 e. The second kappa shape index (κ2) is 7.79. The van der Waals surface area contributed by atoms with E-state index in [9.17, 15) is 17.6 Å². The van der Waals surface area contributed by atoms with E-state index >= 15 is 0 Å². The van der Waals surface area contributed by atoms with E-state index in [0.717, 1.165) is 18.2 Å². The first kappa shape index (κ1) is 17.8. The molecule has 0 saturated carbocycles. The van der Waals surface area contributed by atoms with Gasteiger partial charge in [-0.1, -0.05) is 12.1 Å². The molecule has 126 valence electrons. The highest BCUT2D eigenvalue weighted by molar-refractivity contribution is 5.36. The van der Waals surface area contributed by atoms with Gasteiger partial charge < -0.3 is 9.47 Å². The monoisotopic (exact) mass is 339 g/mol. The third kappa shape index (κ3) is 4.96. The van der Waals surface area contributed by atoms with Gasteiger partial charge in [0.2, 0.25) is 0 Å². The van der Waals surface area contributed by atoms with E-state index in [2.05, 4.69) is 0 Å². The van der Waals surface area contributed by atoms with E-state index in [4.69, 9.17) is 14.7 Å². The van der Waals surface area contributed by atoms with Crippen molar-refractivity contribution in [1.82, 2.24) is 0 Å². The summed E-state index contributed by atoms with van der Waals surface area (Å²) in [6, 6.07) is 10.4. The highest BCUT2D eigenvalue weighted by atomic mass is 19.4. The summed E-state index contributed by atoms with van der Waals surface area (Å²) in [7, 11) is 0. The zero-order valence-electron chi connectivity index (χ0n) is 12.4. The number of halogens is 4. The topological polar surface area (TPSA) is 42.2 Å². The Labute approximate surface area is 136 Å². The van der Waals surface area contributed by atoms with Crippen molar-refractivity contribution in [3.63, 3.8) is 0 Å². The van der Waals surface area contributed by atoms with E-state index < -0.39 is 17.6 Å². The Morgan fingerprint density at radius 1 is 1.04 bits per heavy atom. The predicted molar refractivity (Wildman–Crippen MR) is 77.7 cm³/mol. The predicted octanol–water partition coefficient (Wildman–Crippen LogP) is 4.31. The van der Waals surface area contributed by atoms with Gasteiger partial charge in [-0.15, -0.1) is 0 Å². The zero-order valence-corrected chi connectivity index (χ0v) is 12.4. The maximum absolute atomic E-state index is 13.4. The number of nitriles is 1. The molecule has 24 heavy (non-hydrogen) atoms. The van der Waals surface area contributed by atoms with Crippen LogP contribution in [-0.4, -0.2) is 13.2 Å². The van der Waals surface area contributed by atoms with Crippen molar-refractivity contribution in [3.8, 4) is 11.8 Å². The number of rotatable bonds is 6. The first-order valence-electron chi connectivity index (χ1n) is 6.96. The fourth-order valence-corrected chi connectivity index (χ4v) is 1.92. The molecule has 0 aliphatic carbocycles. The molecule has 7 heteroatoms. The lowest BCUT2D eigenvalue weighted by molar-refractivity contribution is -0.137. The summed E-state index contributed by atoms with van der Waals surface area (Å²) in [5.74, 6) is -0.436. The Morgan fingerprint density at radius 2 is 1.83 bits per heavy atom. The summed E-state index contributed by atoms with van der Waals surface area (Å²) >= 11 is 0. The lowest BCUT2D eigenvalue weighted by Crippen LogP contribution is -2.08. The molecule has 0 fully saturated rings. The third-order valence-electron chi connectivity index (χ3n) is 3.08. The van der Waals surface area contributed by atoms with Crippen molar-refractivity contribution in [3.05, 3.63) is 65.0 Å². The van der Waals surface area contributed by atoms with E-state index in [-0.39, 0.29) is 31.1 Å². The fourth-order valence-electron chi connectivity index (χ4n) is 1.92. The lowest BCUT2D eigenvalue weighted by Gasteiger charge is -2.10. The van der Waals surface area contributed by atoms with Crippen molar-refractivity contribution in [2.45, 2.75) is 12.8 Å². The van der Waals surface area contributed by atoms with E-state index in [1.807, 2.05) is 0 Å². The number of ether oxygens (including phenoxy) is 2. The van der Waals surface area contributed by atoms with Crippen LogP contribution in [0.3, 0.4) is 0 Å². The van der Waals surface area contributed by atoms with Crippen LogP contribution < -0.4 is 4.74 Å². The molecule has 0 spiro atoms. The minimum Gasteiger partial charge on any atom is -0.491 e. The lowest BCUT2D eigenvalue weighted by atomic mass is 10.1. The normalized spacial score (nSPS) is 11.1. The molecule has 0 bridgehead atoms. The van der Waals surface area contributed by atoms with Crippen LogP contribution in [-0.2, 0) is 17.5 Å². The zero-order chi connectivity index (χ0) is 17.6. The molecule has 2 aromatic rings. The molecule has 3 nitrogen and oxygen atoms in total. The molecule has 0 amide bonds. The number of nitrogens with zero attached hydrogens (tertiary/aromatic N) is 1. The standard InChI is InChI=1S/C17H13F4NO2/c18-16-9-15(5-4-13(16)10-22)24-7-6-23-11-12-2-1-3-14(8-12)17(19,20)21/h1-5,8-9H,6-7,11H2. The number of hydrogen-bond acceptors (Lipinski definition) is 3. The van der Waals surface area contributed by atoms with Crippen LogP contribution in [0.25, 0.3) is 0 Å². The van der Waals surface area contributed by atoms with E-state index in [1.54, 1.807) is 6.07 Å². The summed E-state index contributed by atoms with van der Waals surface area (Å²) in [5.41, 5.74) is -0.412. The quantitative estimate of drug-likeness (QED) is 0.582. The molecule has 0 unspecified atom stereocenters. The molecule has 0 aromatic heterocycles. The molecular formula is C17H13F4NO2. The van der Waals surface area contributed by atoms with Gasteiger partial charge in [-0.05, 0) is 29.8 Å². The first-order valence-corrected chi connectivity index (χ1v) is 6.96. The largest absolute Gasteiger partial charge is 0.491 e. The first-order chi connectivity index (χ1) is 11.4. The van der Waals surface area contributed by atoms with Gasteiger partial charge in [0.1, 0.15) is 24.2 Å². The van der Waals surface area contributed by atoms with Crippen molar-refractivity contribution in [2.24, 2.45) is 0 Å². The highest BCUT2D eigenvalue weighted by Gasteiger charge is 2.30. The molecule has 0 saturated heterocycles. The molecule has 0 aliphatic heterocycles. The molecule has 0 N–H and O–H groups in total. The Hall–Kier alpha value is -2.59. The van der Waals surface area contributed by atoms with Gasteiger partial charge in [-0.25, -0.2) is 4.39 Å². The molecule has 2 rings (SSSR count). The average molecular weight is 339 g/mol.